The molecule has 2 aromatic heterocycles. The van der Waals surface area contributed by atoms with Crippen LogP contribution in [0.25, 0.3) is 0 Å². The average molecular weight is 309 g/mol. The second-order valence-corrected chi connectivity index (χ2v) is 4.53. The Bertz CT molecular complexity index is 570. The predicted octanol–water partition coefficient (Wildman–Crippen LogP) is 1.95. The first kappa shape index (κ1) is 12.8. The zero-order valence-electron chi connectivity index (χ0n) is 9.93. The van der Waals surface area contributed by atoms with E-state index in [1.165, 1.54) is 6.33 Å². The second kappa shape index (κ2) is 5.77. The molecular formula is C12H13BrN4O. The summed E-state index contributed by atoms with van der Waals surface area (Å²) in [7, 11) is 0. The van der Waals surface area contributed by atoms with Crippen molar-refractivity contribution in [2.24, 2.45) is 0 Å². The molecule has 2 aromatic rings. The Morgan fingerprint density at radius 2 is 2.11 bits per heavy atom. The van der Waals surface area contributed by atoms with Crippen LogP contribution in [0, 0.1) is 0 Å². The third-order valence-electron chi connectivity index (χ3n) is 2.58. The predicted molar refractivity (Wildman–Crippen MR) is 73.5 cm³/mol. The Hall–Kier alpha value is -1.69. The van der Waals surface area contributed by atoms with Gasteiger partial charge in [-0.2, -0.15) is 0 Å². The topological polar surface area (TPSA) is 61.9 Å². The monoisotopic (exact) mass is 308 g/mol. The molecule has 0 bridgehead atoms. The molecule has 2 rings (SSSR count). The molecule has 6 heteroatoms. The minimum atomic E-state index is -0.173. The maximum absolute atomic E-state index is 11.5. The summed E-state index contributed by atoms with van der Waals surface area (Å²) in [6.07, 6.45) is 4.92. The smallest absolute Gasteiger partial charge is 0.267 e. The maximum atomic E-state index is 11.5. The summed E-state index contributed by atoms with van der Waals surface area (Å²) >= 11 is 3.27. The van der Waals surface area contributed by atoms with Gasteiger partial charge in [-0.1, -0.05) is 0 Å². The van der Waals surface area contributed by atoms with E-state index in [2.05, 4.69) is 30.9 Å². The summed E-state index contributed by atoms with van der Waals surface area (Å²) in [5.74, 6) is 0.651. The van der Waals surface area contributed by atoms with Crippen LogP contribution < -0.4 is 10.5 Å². The third-order valence-corrected chi connectivity index (χ3v) is 3.30. The number of aromatic nitrogens is 3. The van der Waals surface area contributed by atoms with Crippen LogP contribution in [-0.4, -0.2) is 21.5 Å². The highest BCUT2D eigenvalue weighted by atomic mass is 79.9. The lowest BCUT2D eigenvalue weighted by Gasteiger charge is -2.22. The minimum absolute atomic E-state index is 0.173. The van der Waals surface area contributed by atoms with Crippen molar-refractivity contribution in [3.05, 3.63) is 51.2 Å². The lowest BCUT2D eigenvalue weighted by molar-refractivity contribution is 0.802. The van der Waals surface area contributed by atoms with Crippen molar-refractivity contribution < 1.29 is 0 Å². The van der Waals surface area contributed by atoms with Gasteiger partial charge in [0.1, 0.15) is 4.47 Å². The van der Waals surface area contributed by atoms with Gasteiger partial charge in [0, 0.05) is 25.5 Å². The zero-order chi connectivity index (χ0) is 13.0. The van der Waals surface area contributed by atoms with Gasteiger partial charge >= 0.3 is 0 Å². The molecule has 94 valence electrons. The van der Waals surface area contributed by atoms with E-state index in [4.69, 9.17) is 0 Å². The van der Waals surface area contributed by atoms with E-state index < -0.39 is 0 Å². The van der Waals surface area contributed by atoms with Crippen molar-refractivity contribution in [3.8, 4) is 0 Å². The summed E-state index contributed by atoms with van der Waals surface area (Å²) in [5.41, 5.74) is 0.953. The van der Waals surface area contributed by atoms with Crippen LogP contribution in [-0.2, 0) is 6.54 Å². The number of rotatable bonds is 4. The van der Waals surface area contributed by atoms with E-state index in [0.717, 1.165) is 12.1 Å². The van der Waals surface area contributed by atoms with Gasteiger partial charge in [-0.05, 0) is 40.5 Å². The summed E-state index contributed by atoms with van der Waals surface area (Å²) < 4.78 is 0.459. The fourth-order valence-corrected chi connectivity index (χ4v) is 2.11. The summed E-state index contributed by atoms with van der Waals surface area (Å²) in [5, 5.41) is 0. The lowest BCUT2D eigenvalue weighted by Crippen LogP contribution is -2.26. The molecule has 0 spiro atoms. The van der Waals surface area contributed by atoms with Crippen molar-refractivity contribution in [2.75, 3.05) is 11.4 Å². The van der Waals surface area contributed by atoms with Crippen molar-refractivity contribution in [3.63, 3.8) is 0 Å². The van der Waals surface area contributed by atoms with E-state index in [1.807, 2.05) is 24.0 Å². The van der Waals surface area contributed by atoms with E-state index in [-0.39, 0.29) is 5.56 Å². The maximum Gasteiger partial charge on any atom is 0.267 e. The first-order chi connectivity index (χ1) is 8.72. The highest BCUT2D eigenvalue weighted by molar-refractivity contribution is 9.10. The SMILES string of the molecule is CCN(Cc1ccncc1)c1nc[nH]c(=O)c1Br. The molecule has 0 aromatic carbocycles. The van der Waals surface area contributed by atoms with Gasteiger partial charge in [0.15, 0.2) is 5.82 Å². The fraction of sp³-hybridized carbons (Fsp3) is 0.250. The Morgan fingerprint density at radius 1 is 1.39 bits per heavy atom. The van der Waals surface area contributed by atoms with Gasteiger partial charge in [-0.15, -0.1) is 0 Å². The van der Waals surface area contributed by atoms with E-state index in [0.29, 0.717) is 16.8 Å². The minimum Gasteiger partial charge on any atom is -0.351 e. The molecule has 0 saturated carbocycles. The number of hydrogen-bond acceptors (Lipinski definition) is 4. The molecule has 0 fully saturated rings. The normalized spacial score (nSPS) is 10.3. The lowest BCUT2D eigenvalue weighted by atomic mass is 10.2. The van der Waals surface area contributed by atoms with Crippen LogP contribution in [0.5, 0.6) is 0 Å². The highest BCUT2D eigenvalue weighted by Crippen LogP contribution is 2.20. The van der Waals surface area contributed by atoms with Crippen molar-refractivity contribution >= 4 is 21.7 Å². The molecule has 18 heavy (non-hydrogen) atoms. The van der Waals surface area contributed by atoms with Crippen molar-refractivity contribution in [1.82, 2.24) is 15.0 Å². The van der Waals surface area contributed by atoms with Crippen LogP contribution >= 0.6 is 15.9 Å². The Kier molecular flexibility index (Phi) is 4.09. The van der Waals surface area contributed by atoms with Crippen LogP contribution in [0.1, 0.15) is 12.5 Å². The number of hydrogen-bond donors (Lipinski definition) is 1. The average Bonchev–Trinajstić information content (AvgIpc) is 2.41. The van der Waals surface area contributed by atoms with Crippen LogP contribution in [0.2, 0.25) is 0 Å². The third kappa shape index (κ3) is 2.76. The quantitative estimate of drug-likeness (QED) is 0.938. The largest absolute Gasteiger partial charge is 0.351 e. The first-order valence-corrected chi connectivity index (χ1v) is 6.38. The molecule has 0 atom stereocenters. The van der Waals surface area contributed by atoms with Gasteiger partial charge < -0.3 is 9.88 Å². The molecule has 0 aliphatic carbocycles. The molecule has 0 unspecified atom stereocenters. The van der Waals surface area contributed by atoms with E-state index in [1.54, 1.807) is 12.4 Å². The molecule has 0 aliphatic rings. The van der Waals surface area contributed by atoms with Gasteiger partial charge in [0.25, 0.3) is 5.56 Å². The van der Waals surface area contributed by atoms with Crippen molar-refractivity contribution in [2.45, 2.75) is 13.5 Å². The molecule has 1 N–H and O–H groups in total. The molecule has 0 amide bonds. The highest BCUT2D eigenvalue weighted by Gasteiger charge is 2.12. The number of pyridine rings is 1. The number of nitrogens with one attached hydrogen (secondary N) is 1. The van der Waals surface area contributed by atoms with Crippen molar-refractivity contribution in [1.29, 1.82) is 0 Å². The summed E-state index contributed by atoms with van der Waals surface area (Å²) in [6.45, 7) is 3.47. The summed E-state index contributed by atoms with van der Waals surface area (Å²) in [6, 6.07) is 3.90. The molecule has 0 radical (unpaired) electrons. The van der Waals surface area contributed by atoms with Gasteiger partial charge in [-0.25, -0.2) is 4.98 Å². The van der Waals surface area contributed by atoms with Gasteiger partial charge in [0.05, 0.1) is 6.33 Å². The van der Waals surface area contributed by atoms with Crippen LogP contribution in [0.3, 0.4) is 0 Å². The van der Waals surface area contributed by atoms with Gasteiger partial charge in [-0.3, -0.25) is 9.78 Å². The summed E-state index contributed by atoms with van der Waals surface area (Å²) in [4.78, 5) is 24.3. The molecular weight excluding hydrogens is 296 g/mol. The molecule has 5 nitrogen and oxygen atoms in total. The zero-order valence-corrected chi connectivity index (χ0v) is 11.5. The number of anilines is 1. The second-order valence-electron chi connectivity index (χ2n) is 3.74. The number of nitrogens with zero attached hydrogens (tertiary/aromatic N) is 3. The van der Waals surface area contributed by atoms with E-state index in [9.17, 15) is 4.79 Å². The standard InChI is InChI=1S/C12H13BrN4O/c1-2-17(7-9-3-5-14-6-4-9)11-10(13)12(18)16-8-15-11/h3-6,8H,2,7H2,1H3,(H,15,16,18). The molecule has 0 aliphatic heterocycles. The molecule has 0 saturated heterocycles. The Balaban J connectivity index is 2.29. The van der Waals surface area contributed by atoms with E-state index >= 15 is 0 Å². The number of H-pyrrole nitrogens is 1. The fourth-order valence-electron chi connectivity index (χ4n) is 1.64. The number of halogens is 1. The number of aromatic amines is 1. The Labute approximate surface area is 113 Å². The van der Waals surface area contributed by atoms with Crippen LogP contribution in [0.4, 0.5) is 5.82 Å². The molecule has 2 heterocycles. The Morgan fingerprint density at radius 3 is 2.78 bits per heavy atom. The van der Waals surface area contributed by atoms with Gasteiger partial charge in [0.2, 0.25) is 0 Å². The first-order valence-electron chi connectivity index (χ1n) is 5.59. The van der Waals surface area contributed by atoms with Crippen LogP contribution in [0.15, 0.2) is 40.1 Å².